The number of pyridine rings is 1. The highest BCUT2D eigenvalue weighted by Crippen LogP contribution is 2.15. The largest absolute Gasteiger partial charge is 0.473 e. The molecule has 2 heterocycles. The van der Waals surface area contributed by atoms with E-state index in [1.54, 1.807) is 18.3 Å². The number of Topliss-reactive ketones (excluding diaryl/α,β-unsaturated/α-hetero) is 1. The van der Waals surface area contributed by atoms with E-state index in [2.05, 4.69) is 20.9 Å². The number of rotatable bonds is 6. The SMILES string of the molecule is O=C(CCCN1CCN(c2cccnc2)CC1)c1ccc(F)cc1.O=C(O)C(=O)O. The van der Waals surface area contributed by atoms with Crippen molar-refractivity contribution in [1.29, 1.82) is 0 Å². The zero-order valence-corrected chi connectivity index (χ0v) is 16.4. The molecule has 0 amide bonds. The van der Waals surface area contributed by atoms with Crippen molar-refractivity contribution in [3.63, 3.8) is 0 Å². The number of aliphatic carboxylic acids is 2. The van der Waals surface area contributed by atoms with E-state index in [1.807, 2.05) is 12.3 Å². The third kappa shape index (κ3) is 7.59. The molecule has 0 spiro atoms. The molecule has 2 N–H and O–H groups in total. The topological polar surface area (TPSA) is 111 Å². The summed E-state index contributed by atoms with van der Waals surface area (Å²) in [6.45, 7) is 4.89. The lowest BCUT2D eigenvalue weighted by Crippen LogP contribution is -2.46. The van der Waals surface area contributed by atoms with Crippen molar-refractivity contribution in [1.82, 2.24) is 9.88 Å². The van der Waals surface area contributed by atoms with Crippen LogP contribution in [0.1, 0.15) is 23.2 Å². The molecule has 1 aromatic heterocycles. The Morgan fingerprint density at radius 3 is 2.13 bits per heavy atom. The van der Waals surface area contributed by atoms with Crippen LogP contribution in [0.5, 0.6) is 0 Å². The Kier molecular flexibility index (Phi) is 8.89. The van der Waals surface area contributed by atoms with E-state index in [1.165, 1.54) is 17.8 Å². The van der Waals surface area contributed by atoms with Crippen LogP contribution in [0.3, 0.4) is 0 Å². The Labute approximate surface area is 173 Å². The molecule has 8 nitrogen and oxygen atoms in total. The number of hydrogen-bond donors (Lipinski definition) is 2. The Morgan fingerprint density at radius 2 is 1.60 bits per heavy atom. The van der Waals surface area contributed by atoms with Gasteiger partial charge in [0.15, 0.2) is 5.78 Å². The monoisotopic (exact) mass is 417 g/mol. The summed E-state index contributed by atoms with van der Waals surface area (Å²) in [6, 6.07) is 9.84. The quantitative estimate of drug-likeness (QED) is 0.543. The highest BCUT2D eigenvalue weighted by atomic mass is 19.1. The summed E-state index contributed by atoms with van der Waals surface area (Å²) in [4.78, 5) is 39.2. The lowest BCUT2D eigenvalue weighted by atomic mass is 10.1. The minimum absolute atomic E-state index is 0.0870. The van der Waals surface area contributed by atoms with Crippen LogP contribution in [-0.4, -0.2) is 70.5 Å². The van der Waals surface area contributed by atoms with Crippen LogP contribution in [0.15, 0.2) is 48.8 Å². The number of carboxylic acid groups (broad SMARTS) is 2. The number of piperazine rings is 1. The van der Waals surface area contributed by atoms with Crippen molar-refractivity contribution < 1.29 is 29.0 Å². The van der Waals surface area contributed by atoms with Crippen molar-refractivity contribution in [3.8, 4) is 0 Å². The zero-order valence-electron chi connectivity index (χ0n) is 16.4. The van der Waals surface area contributed by atoms with Gasteiger partial charge in [0.05, 0.1) is 11.9 Å². The second kappa shape index (κ2) is 11.6. The van der Waals surface area contributed by atoms with Gasteiger partial charge < -0.3 is 15.1 Å². The van der Waals surface area contributed by atoms with Crippen molar-refractivity contribution in [2.75, 3.05) is 37.6 Å². The van der Waals surface area contributed by atoms with Gasteiger partial charge in [-0.25, -0.2) is 14.0 Å². The number of ketones is 1. The molecule has 0 saturated carbocycles. The maximum atomic E-state index is 12.9. The maximum absolute atomic E-state index is 12.9. The van der Waals surface area contributed by atoms with Gasteiger partial charge in [-0.1, -0.05) is 0 Å². The van der Waals surface area contributed by atoms with Gasteiger partial charge in [0.25, 0.3) is 0 Å². The summed E-state index contributed by atoms with van der Waals surface area (Å²) in [5, 5.41) is 14.8. The average molecular weight is 417 g/mol. The van der Waals surface area contributed by atoms with Gasteiger partial charge in [0.2, 0.25) is 0 Å². The van der Waals surface area contributed by atoms with Gasteiger partial charge in [-0.15, -0.1) is 0 Å². The van der Waals surface area contributed by atoms with Crippen LogP contribution >= 0.6 is 0 Å². The zero-order chi connectivity index (χ0) is 21.9. The van der Waals surface area contributed by atoms with E-state index in [9.17, 15) is 9.18 Å². The number of carbonyl (C=O) groups excluding carboxylic acids is 1. The third-order valence-corrected chi connectivity index (χ3v) is 4.61. The van der Waals surface area contributed by atoms with Gasteiger partial charge in [-0.2, -0.15) is 0 Å². The molecule has 160 valence electrons. The number of nitrogens with zero attached hydrogens (tertiary/aromatic N) is 3. The van der Waals surface area contributed by atoms with Crippen LogP contribution in [0.4, 0.5) is 10.1 Å². The van der Waals surface area contributed by atoms with E-state index in [-0.39, 0.29) is 11.6 Å². The first kappa shape index (κ1) is 23.0. The first-order valence-corrected chi connectivity index (χ1v) is 9.49. The molecule has 2 aromatic rings. The summed E-state index contributed by atoms with van der Waals surface area (Å²) in [5.41, 5.74) is 1.77. The van der Waals surface area contributed by atoms with Gasteiger partial charge in [-0.05, 0) is 49.4 Å². The molecule has 0 radical (unpaired) electrons. The molecule has 30 heavy (non-hydrogen) atoms. The summed E-state index contributed by atoms with van der Waals surface area (Å²) < 4.78 is 12.9. The molecule has 0 unspecified atom stereocenters. The predicted octanol–water partition coefficient (Wildman–Crippen LogP) is 2.16. The Balaban J connectivity index is 0.000000469. The minimum atomic E-state index is -1.82. The fourth-order valence-corrected chi connectivity index (χ4v) is 3.01. The smallest absolute Gasteiger partial charge is 0.414 e. The van der Waals surface area contributed by atoms with Crippen LogP contribution in [0, 0.1) is 5.82 Å². The van der Waals surface area contributed by atoms with E-state index >= 15 is 0 Å². The highest BCUT2D eigenvalue weighted by molar-refractivity contribution is 6.27. The maximum Gasteiger partial charge on any atom is 0.414 e. The van der Waals surface area contributed by atoms with E-state index < -0.39 is 11.9 Å². The number of benzene rings is 1. The Morgan fingerprint density at radius 1 is 0.967 bits per heavy atom. The average Bonchev–Trinajstić information content (AvgIpc) is 2.75. The number of carbonyl (C=O) groups is 3. The molecule has 0 aliphatic carbocycles. The summed E-state index contributed by atoms with van der Waals surface area (Å²) in [5.74, 6) is -3.87. The number of aromatic nitrogens is 1. The van der Waals surface area contributed by atoms with E-state index in [4.69, 9.17) is 19.8 Å². The third-order valence-electron chi connectivity index (χ3n) is 4.61. The van der Waals surface area contributed by atoms with Gasteiger partial charge >= 0.3 is 11.9 Å². The number of anilines is 1. The van der Waals surface area contributed by atoms with Crippen molar-refractivity contribution in [3.05, 3.63) is 60.2 Å². The van der Waals surface area contributed by atoms with Gasteiger partial charge in [-0.3, -0.25) is 14.7 Å². The number of halogens is 1. The summed E-state index contributed by atoms with van der Waals surface area (Å²) in [6.07, 6.45) is 5.03. The van der Waals surface area contributed by atoms with E-state index in [0.29, 0.717) is 12.0 Å². The van der Waals surface area contributed by atoms with Crippen molar-refractivity contribution in [2.45, 2.75) is 12.8 Å². The minimum Gasteiger partial charge on any atom is -0.473 e. The van der Waals surface area contributed by atoms with Crippen LogP contribution < -0.4 is 4.90 Å². The molecule has 1 aromatic carbocycles. The van der Waals surface area contributed by atoms with Gasteiger partial charge in [0, 0.05) is 44.4 Å². The molecule has 1 fully saturated rings. The lowest BCUT2D eigenvalue weighted by molar-refractivity contribution is -0.159. The molecule has 0 atom stereocenters. The molecule has 0 bridgehead atoms. The number of carboxylic acids is 2. The predicted molar refractivity (Wildman–Crippen MR) is 108 cm³/mol. The normalized spacial score (nSPS) is 13.8. The van der Waals surface area contributed by atoms with Crippen molar-refractivity contribution in [2.24, 2.45) is 0 Å². The van der Waals surface area contributed by atoms with E-state index in [0.717, 1.165) is 39.1 Å². The van der Waals surface area contributed by atoms with Crippen LogP contribution in [0.25, 0.3) is 0 Å². The molecular weight excluding hydrogens is 393 g/mol. The molecule has 3 rings (SSSR count). The Hall–Kier alpha value is -3.33. The highest BCUT2D eigenvalue weighted by Gasteiger charge is 2.17. The number of hydrogen-bond acceptors (Lipinski definition) is 6. The molecule has 1 aliphatic heterocycles. The van der Waals surface area contributed by atoms with Crippen LogP contribution in [-0.2, 0) is 9.59 Å². The molecule has 1 aliphatic rings. The van der Waals surface area contributed by atoms with Crippen molar-refractivity contribution >= 4 is 23.4 Å². The van der Waals surface area contributed by atoms with Crippen LogP contribution in [0.2, 0.25) is 0 Å². The second-order valence-electron chi connectivity index (χ2n) is 6.68. The standard InChI is InChI=1S/C19H22FN3O.C2H2O4/c20-17-7-5-16(6-8-17)19(24)4-2-10-22-11-13-23(14-12-22)18-3-1-9-21-15-18;3-1(4)2(5)6/h1,3,5-9,15H,2,4,10-14H2;(H,3,4)(H,5,6). The second-order valence-corrected chi connectivity index (χ2v) is 6.68. The molecule has 9 heteroatoms. The first-order chi connectivity index (χ1) is 14.4. The molecular formula is C21H24FN3O5. The molecule has 1 saturated heterocycles. The summed E-state index contributed by atoms with van der Waals surface area (Å²) >= 11 is 0. The lowest BCUT2D eigenvalue weighted by Gasteiger charge is -2.35. The fraction of sp³-hybridized carbons (Fsp3) is 0.333. The summed E-state index contributed by atoms with van der Waals surface area (Å²) in [7, 11) is 0. The van der Waals surface area contributed by atoms with Gasteiger partial charge in [0.1, 0.15) is 5.82 Å². The Bertz CT molecular complexity index is 825. The fourth-order valence-electron chi connectivity index (χ4n) is 3.01. The first-order valence-electron chi connectivity index (χ1n) is 9.49.